The summed E-state index contributed by atoms with van der Waals surface area (Å²) in [7, 11) is 0. The highest BCUT2D eigenvalue weighted by Gasteiger charge is 1.99. The normalized spacial score (nSPS) is 9.21. The van der Waals surface area contributed by atoms with Gasteiger partial charge in [0.15, 0.2) is 0 Å². The quantitative estimate of drug-likeness (QED) is 0.753. The van der Waals surface area contributed by atoms with Crippen LogP contribution in [0.2, 0.25) is 5.02 Å². The summed E-state index contributed by atoms with van der Waals surface area (Å²) in [5.41, 5.74) is 2.98. The zero-order valence-corrected chi connectivity index (χ0v) is 10.7. The van der Waals surface area contributed by atoms with Gasteiger partial charge in [-0.25, -0.2) is 0 Å². The van der Waals surface area contributed by atoms with E-state index in [2.05, 4.69) is 0 Å². The second-order valence-electron chi connectivity index (χ2n) is 3.91. The Morgan fingerprint density at radius 3 is 2.21 bits per heavy atom. The molecule has 0 spiro atoms. The van der Waals surface area contributed by atoms with Crippen molar-refractivity contribution in [2.45, 2.75) is 0 Å². The van der Waals surface area contributed by atoms with E-state index in [0.717, 1.165) is 16.7 Å². The highest BCUT2D eigenvalue weighted by atomic mass is 35.5. The topological polar surface area (TPSA) is 47.6 Å². The molecule has 2 nitrogen and oxygen atoms in total. The zero-order valence-electron chi connectivity index (χ0n) is 9.97. The van der Waals surface area contributed by atoms with Crippen molar-refractivity contribution in [1.29, 1.82) is 10.5 Å². The molecule has 0 aromatic heterocycles. The molecule has 0 unspecified atom stereocenters. The van der Waals surface area contributed by atoms with Gasteiger partial charge in [-0.3, -0.25) is 0 Å². The van der Waals surface area contributed by atoms with Crippen LogP contribution in [0, 0.1) is 22.7 Å². The van der Waals surface area contributed by atoms with Gasteiger partial charge in [-0.05, 0) is 34.9 Å². The maximum atomic E-state index is 8.70. The minimum absolute atomic E-state index is 0.0931. The maximum absolute atomic E-state index is 8.70. The van der Waals surface area contributed by atoms with Crippen LogP contribution in [0.5, 0.6) is 0 Å². The number of benzene rings is 2. The molecule has 0 aliphatic heterocycles. The second kappa shape index (κ2) is 5.87. The Bertz CT molecular complexity index is 685. The first-order chi connectivity index (χ1) is 9.22. The lowest BCUT2D eigenvalue weighted by molar-refractivity contribution is 1.47. The van der Waals surface area contributed by atoms with E-state index in [4.69, 9.17) is 22.1 Å². The Labute approximate surface area is 116 Å². The zero-order chi connectivity index (χ0) is 13.7. The average molecular weight is 265 g/mol. The Morgan fingerprint density at radius 2 is 1.63 bits per heavy atom. The lowest BCUT2D eigenvalue weighted by Crippen LogP contribution is -1.80. The molecule has 0 radical (unpaired) electrons. The molecule has 19 heavy (non-hydrogen) atoms. The summed E-state index contributed by atoms with van der Waals surface area (Å²) in [5, 5.41) is 18.1. The summed E-state index contributed by atoms with van der Waals surface area (Å²) in [6, 6.07) is 18.9. The first-order valence-corrected chi connectivity index (χ1v) is 5.98. The molecule has 90 valence electrons. The smallest absolute Gasteiger partial charge is 0.130 e. The Morgan fingerprint density at radius 1 is 0.947 bits per heavy atom. The molecule has 2 aromatic rings. The average Bonchev–Trinajstić information content (AvgIpc) is 2.45. The van der Waals surface area contributed by atoms with Crippen LogP contribution in [0.3, 0.4) is 0 Å². The van der Waals surface area contributed by atoms with E-state index >= 15 is 0 Å². The molecule has 0 N–H and O–H groups in total. The van der Waals surface area contributed by atoms with Crippen molar-refractivity contribution in [3.05, 3.63) is 64.7 Å². The lowest BCUT2D eigenvalue weighted by atomic mass is 10.0. The van der Waals surface area contributed by atoms with Crippen LogP contribution in [0.25, 0.3) is 17.2 Å². The number of hydrogen-bond donors (Lipinski definition) is 0. The summed E-state index contributed by atoms with van der Waals surface area (Å²) in [4.78, 5) is 0. The van der Waals surface area contributed by atoms with Crippen molar-refractivity contribution in [2.75, 3.05) is 0 Å². The minimum Gasteiger partial charge on any atom is -0.192 e. The van der Waals surface area contributed by atoms with Gasteiger partial charge >= 0.3 is 0 Å². The molecule has 0 aliphatic carbocycles. The predicted octanol–water partition coefficient (Wildman–Crippen LogP) is 4.44. The first kappa shape index (κ1) is 12.9. The molecule has 0 saturated carbocycles. The predicted molar refractivity (Wildman–Crippen MR) is 76.1 cm³/mol. The van der Waals surface area contributed by atoms with Crippen LogP contribution in [0.4, 0.5) is 0 Å². The molecule has 2 aromatic carbocycles. The van der Waals surface area contributed by atoms with Gasteiger partial charge in [0.1, 0.15) is 17.7 Å². The van der Waals surface area contributed by atoms with Crippen LogP contribution < -0.4 is 0 Å². The van der Waals surface area contributed by atoms with Crippen LogP contribution >= 0.6 is 11.6 Å². The monoisotopic (exact) mass is 264 g/mol. The fraction of sp³-hybridized carbons (Fsp3) is 0. The van der Waals surface area contributed by atoms with E-state index < -0.39 is 0 Å². The number of hydrogen-bond acceptors (Lipinski definition) is 2. The fourth-order valence-corrected chi connectivity index (χ4v) is 1.89. The second-order valence-corrected chi connectivity index (χ2v) is 4.35. The lowest BCUT2D eigenvalue weighted by Gasteiger charge is -2.02. The molecule has 0 amide bonds. The minimum atomic E-state index is 0.0931. The number of allylic oxidation sites excluding steroid dienone is 1. The van der Waals surface area contributed by atoms with Crippen molar-refractivity contribution < 1.29 is 0 Å². The third kappa shape index (κ3) is 3.22. The Balaban J connectivity index is 2.32. The Hall–Kier alpha value is -2.55. The number of nitrogens with zero attached hydrogens (tertiary/aromatic N) is 2. The van der Waals surface area contributed by atoms with Gasteiger partial charge in [0.2, 0.25) is 0 Å². The highest BCUT2D eigenvalue weighted by Crippen LogP contribution is 2.23. The molecular formula is C16H9ClN2. The van der Waals surface area contributed by atoms with Crippen LogP contribution in [-0.4, -0.2) is 0 Å². The fourth-order valence-electron chi connectivity index (χ4n) is 1.70. The maximum Gasteiger partial charge on any atom is 0.130 e. The standard InChI is InChI=1S/C16H9ClN2/c17-16-3-1-2-15(9-16)14-6-4-12(5-7-14)8-13(10-18)11-19/h1-9H. The van der Waals surface area contributed by atoms with Crippen molar-refractivity contribution in [3.63, 3.8) is 0 Å². The third-order valence-corrected chi connectivity index (χ3v) is 2.86. The summed E-state index contributed by atoms with van der Waals surface area (Å²) >= 11 is 5.95. The van der Waals surface area contributed by atoms with Crippen molar-refractivity contribution in [3.8, 4) is 23.3 Å². The van der Waals surface area contributed by atoms with Crippen LogP contribution in [0.1, 0.15) is 5.56 Å². The van der Waals surface area contributed by atoms with E-state index in [1.165, 1.54) is 0 Å². The van der Waals surface area contributed by atoms with Crippen molar-refractivity contribution in [1.82, 2.24) is 0 Å². The molecule has 0 heterocycles. The first-order valence-electron chi connectivity index (χ1n) is 5.61. The molecule has 0 atom stereocenters. The molecule has 0 saturated heterocycles. The van der Waals surface area contributed by atoms with E-state index in [0.29, 0.717) is 5.02 Å². The highest BCUT2D eigenvalue weighted by molar-refractivity contribution is 6.30. The van der Waals surface area contributed by atoms with E-state index in [9.17, 15) is 0 Å². The summed E-state index contributed by atoms with van der Waals surface area (Å²) in [6.07, 6.45) is 1.56. The van der Waals surface area contributed by atoms with E-state index in [1.807, 2.05) is 60.7 Å². The summed E-state index contributed by atoms with van der Waals surface area (Å²) in [6.45, 7) is 0. The largest absolute Gasteiger partial charge is 0.192 e. The van der Waals surface area contributed by atoms with Gasteiger partial charge in [-0.1, -0.05) is 48.0 Å². The van der Waals surface area contributed by atoms with Crippen molar-refractivity contribution in [2.24, 2.45) is 0 Å². The molecule has 0 bridgehead atoms. The molecule has 0 aliphatic rings. The third-order valence-electron chi connectivity index (χ3n) is 2.62. The molecular weight excluding hydrogens is 256 g/mol. The van der Waals surface area contributed by atoms with Gasteiger partial charge in [-0.15, -0.1) is 0 Å². The van der Waals surface area contributed by atoms with Gasteiger partial charge in [0, 0.05) is 5.02 Å². The Kier molecular flexibility index (Phi) is 3.98. The van der Waals surface area contributed by atoms with E-state index in [-0.39, 0.29) is 5.57 Å². The van der Waals surface area contributed by atoms with Crippen molar-refractivity contribution >= 4 is 17.7 Å². The number of nitriles is 2. The van der Waals surface area contributed by atoms with Crippen LogP contribution in [0.15, 0.2) is 54.1 Å². The summed E-state index contributed by atoms with van der Waals surface area (Å²) < 4.78 is 0. The molecule has 0 fully saturated rings. The van der Waals surface area contributed by atoms with Gasteiger partial charge in [-0.2, -0.15) is 10.5 Å². The summed E-state index contributed by atoms with van der Waals surface area (Å²) in [5.74, 6) is 0. The molecule has 3 heteroatoms. The molecule has 2 rings (SSSR count). The van der Waals surface area contributed by atoms with Crippen LogP contribution in [-0.2, 0) is 0 Å². The van der Waals surface area contributed by atoms with Gasteiger partial charge in [0.05, 0.1) is 0 Å². The number of rotatable bonds is 2. The SMILES string of the molecule is N#CC(C#N)=Cc1ccc(-c2cccc(Cl)c2)cc1. The number of halogens is 1. The van der Waals surface area contributed by atoms with Gasteiger partial charge < -0.3 is 0 Å². The van der Waals surface area contributed by atoms with Gasteiger partial charge in [0.25, 0.3) is 0 Å². The van der Waals surface area contributed by atoms with E-state index in [1.54, 1.807) is 6.08 Å².